The molecule has 2 amide bonds. The van der Waals surface area contributed by atoms with Crippen LogP contribution in [0.1, 0.15) is 34.6 Å². The van der Waals surface area contributed by atoms with Crippen molar-refractivity contribution in [2.45, 2.75) is 32.4 Å². The van der Waals surface area contributed by atoms with E-state index in [2.05, 4.69) is 14.6 Å². The van der Waals surface area contributed by atoms with Crippen molar-refractivity contribution in [3.8, 4) is 0 Å². The Morgan fingerprint density at radius 2 is 1.97 bits per heavy atom. The molecule has 1 N–H and O–H groups in total. The maximum atomic E-state index is 13.1. The number of likely N-dealkylation sites (tertiary alicyclic amines) is 1. The molecule has 4 heterocycles. The molecule has 2 aliphatic heterocycles. The summed E-state index contributed by atoms with van der Waals surface area (Å²) in [6.45, 7) is 3.64. The van der Waals surface area contributed by atoms with E-state index in [9.17, 15) is 22.8 Å². The van der Waals surface area contributed by atoms with Crippen LogP contribution in [0.3, 0.4) is 0 Å². The van der Waals surface area contributed by atoms with Crippen LogP contribution in [0.5, 0.6) is 0 Å². The molecule has 9 nitrogen and oxygen atoms in total. The number of carboxylic acid groups (broad SMARTS) is 1. The van der Waals surface area contributed by atoms with Crippen LogP contribution < -0.4 is 4.90 Å². The van der Waals surface area contributed by atoms with Crippen LogP contribution in [-0.4, -0.2) is 68.2 Å². The molecule has 13 heteroatoms. The topological polar surface area (TPSA) is 117 Å². The van der Waals surface area contributed by atoms with E-state index in [1.54, 1.807) is 22.2 Å². The normalized spacial score (nSPS) is 20.8. The van der Waals surface area contributed by atoms with Gasteiger partial charge in [-0.3, -0.25) is 14.6 Å². The van der Waals surface area contributed by atoms with E-state index < -0.39 is 17.6 Å². The van der Waals surface area contributed by atoms with Crippen molar-refractivity contribution in [1.29, 1.82) is 0 Å². The number of pyridine rings is 1. The number of anilines is 1. The summed E-state index contributed by atoms with van der Waals surface area (Å²) in [4.78, 5) is 43.3. The van der Waals surface area contributed by atoms with E-state index in [1.165, 1.54) is 11.5 Å². The summed E-state index contributed by atoms with van der Waals surface area (Å²) in [5.41, 5.74) is 0.755. The number of aliphatic carboxylic acids is 1. The molecule has 0 aliphatic carbocycles. The molecule has 0 bridgehead atoms. The molecule has 0 radical (unpaired) electrons. The van der Waals surface area contributed by atoms with Crippen molar-refractivity contribution >= 4 is 35.0 Å². The highest BCUT2D eigenvalue weighted by atomic mass is 32.1. The maximum Gasteiger partial charge on any atom is 0.490 e. The van der Waals surface area contributed by atoms with Crippen LogP contribution in [-0.2, 0) is 9.59 Å². The first kappa shape index (κ1) is 23.6. The van der Waals surface area contributed by atoms with Gasteiger partial charge in [0.2, 0.25) is 5.91 Å². The molecule has 0 saturated carbocycles. The molecule has 0 aromatic carbocycles. The Kier molecular flexibility index (Phi) is 6.77. The molecule has 2 aromatic heterocycles. The Morgan fingerprint density at radius 1 is 1.25 bits per heavy atom. The zero-order valence-corrected chi connectivity index (χ0v) is 17.8. The van der Waals surface area contributed by atoms with E-state index in [4.69, 9.17) is 9.90 Å². The van der Waals surface area contributed by atoms with Gasteiger partial charge in [0.25, 0.3) is 5.91 Å². The molecule has 2 saturated heterocycles. The van der Waals surface area contributed by atoms with Gasteiger partial charge in [-0.25, -0.2) is 4.79 Å². The molecule has 2 aromatic rings. The summed E-state index contributed by atoms with van der Waals surface area (Å²) in [6, 6.07) is 3.74. The highest BCUT2D eigenvalue weighted by molar-refractivity contribution is 7.05. The van der Waals surface area contributed by atoms with Gasteiger partial charge in [-0.15, -0.1) is 5.10 Å². The molecule has 1 spiro atoms. The van der Waals surface area contributed by atoms with Crippen molar-refractivity contribution < 1.29 is 32.7 Å². The third kappa shape index (κ3) is 4.87. The fraction of sp³-hybridized carbons (Fsp3) is 0.474. The van der Waals surface area contributed by atoms with Crippen LogP contribution in [0.4, 0.5) is 18.9 Å². The van der Waals surface area contributed by atoms with Gasteiger partial charge < -0.3 is 14.9 Å². The fourth-order valence-corrected chi connectivity index (χ4v) is 4.30. The predicted molar refractivity (Wildman–Crippen MR) is 107 cm³/mol. The number of hydrogen-bond donors (Lipinski definition) is 1. The molecule has 172 valence electrons. The van der Waals surface area contributed by atoms with E-state index in [-0.39, 0.29) is 11.8 Å². The van der Waals surface area contributed by atoms with Crippen molar-refractivity contribution in [3.63, 3.8) is 0 Å². The first-order valence-corrected chi connectivity index (χ1v) is 10.4. The minimum Gasteiger partial charge on any atom is -0.475 e. The van der Waals surface area contributed by atoms with E-state index in [1.807, 2.05) is 19.1 Å². The summed E-state index contributed by atoms with van der Waals surface area (Å²) in [7, 11) is 0. The standard InChI is InChI=1S/C17H19N5O2S.C2HF3O2/c1-12-14(19-20-25-12)15(23)21-8-3-5-17(11-21)6-9-22(16(17)24)13-4-2-7-18-10-13;3-2(4,5)1(6)7/h2,4,7,10H,3,5-6,8-9,11H2,1H3;(H,6,7). The molecule has 2 fully saturated rings. The number of rotatable bonds is 2. The fourth-order valence-electron chi connectivity index (χ4n) is 3.84. The summed E-state index contributed by atoms with van der Waals surface area (Å²) in [5, 5.41) is 11.1. The lowest BCUT2D eigenvalue weighted by Crippen LogP contribution is -2.50. The van der Waals surface area contributed by atoms with Crippen molar-refractivity contribution in [3.05, 3.63) is 35.1 Å². The molecule has 4 rings (SSSR count). The highest BCUT2D eigenvalue weighted by Gasteiger charge is 2.50. The zero-order chi connectivity index (χ0) is 23.5. The van der Waals surface area contributed by atoms with Gasteiger partial charge in [0.1, 0.15) is 0 Å². The van der Waals surface area contributed by atoms with Gasteiger partial charge >= 0.3 is 12.1 Å². The summed E-state index contributed by atoms with van der Waals surface area (Å²) in [6.07, 6.45) is 0.743. The number of halogens is 3. The summed E-state index contributed by atoms with van der Waals surface area (Å²) >= 11 is 1.23. The SMILES string of the molecule is Cc1snnc1C(=O)N1CCCC2(CCN(c3cccnc3)C2=O)C1.O=C(O)C(F)(F)F. The number of carbonyl (C=O) groups excluding carboxylic acids is 2. The monoisotopic (exact) mass is 471 g/mol. The molecule has 2 aliphatic rings. The number of aryl methyl sites for hydroxylation is 1. The minimum atomic E-state index is -5.08. The number of piperidine rings is 1. The predicted octanol–water partition coefficient (Wildman–Crippen LogP) is 2.53. The average Bonchev–Trinajstić information content (AvgIpc) is 3.32. The number of carboxylic acids is 1. The Morgan fingerprint density at radius 3 is 2.53 bits per heavy atom. The highest BCUT2D eigenvalue weighted by Crippen LogP contribution is 2.42. The third-order valence-electron chi connectivity index (χ3n) is 5.43. The molecular formula is C19H20F3N5O4S. The van der Waals surface area contributed by atoms with Crippen molar-refractivity contribution in [2.24, 2.45) is 5.41 Å². The number of alkyl halides is 3. The number of carbonyl (C=O) groups is 3. The van der Waals surface area contributed by atoms with Crippen LogP contribution in [0.15, 0.2) is 24.5 Å². The lowest BCUT2D eigenvalue weighted by molar-refractivity contribution is -0.192. The number of amides is 2. The van der Waals surface area contributed by atoms with Crippen LogP contribution >= 0.6 is 11.5 Å². The Balaban J connectivity index is 0.000000360. The number of aromatic nitrogens is 3. The first-order chi connectivity index (χ1) is 15.0. The molecule has 1 atom stereocenters. The van der Waals surface area contributed by atoms with Gasteiger partial charge in [0.05, 0.1) is 22.2 Å². The van der Waals surface area contributed by atoms with Gasteiger partial charge in [0, 0.05) is 25.8 Å². The maximum absolute atomic E-state index is 13.1. The molecular weight excluding hydrogens is 451 g/mol. The lowest BCUT2D eigenvalue weighted by Gasteiger charge is -2.38. The zero-order valence-electron chi connectivity index (χ0n) is 17.0. The average molecular weight is 471 g/mol. The first-order valence-electron chi connectivity index (χ1n) is 9.65. The van der Waals surface area contributed by atoms with Crippen LogP contribution in [0.25, 0.3) is 0 Å². The van der Waals surface area contributed by atoms with Gasteiger partial charge in [-0.2, -0.15) is 13.2 Å². The van der Waals surface area contributed by atoms with E-state index >= 15 is 0 Å². The Hall–Kier alpha value is -3.09. The second kappa shape index (κ2) is 9.18. The quantitative estimate of drug-likeness (QED) is 0.715. The molecule has 1 unspecified atom stereocenters. The third-order valence-corrected chi connectivity index (χ3v) is 6.06. The largest absolute Gasteiger partial charge is 0.490 e. The van der Waals surface area contributed by atoms with Gasteiger partial charge in [-0.1, -0.05) is 4.49 Å². The molecule has 32 heavy (non-hydrogen) atoms. The second-order valence-corrected chi connectivity index (χ2v) is 8.47. The second-order valence-electron chi connectivity index (χ2n) is 7.51. The minimum absolute atomic E-state index is 0.103. The number of hydrogen-bond acceptors (Lipinski definition) is 7. The lowest BCUT2D eigenvalue weighted by atomic mass is 9.78. The Labute approximate surface area is 185 Å². The van der Waals surface area contributed by atoms with Gasteiger partial charge in [-0.05, 0) is 49.9 Å². The van der Waals surface area contributed by atoms with Crippen molar-refractivity contribution in [2.75, 3.05) is 24.5 Å². The number of nitrogens with zero attached hydrogens (tertiary/aromatic N) is 5. The summed E-state index contributed by atoms with van der Waals surface area (Å²) in [5.74, 6) is -2.77. The Bertz CT molecular complexity index is 1000. The van der Waals surface area contributed by atoms with E-state index in [0.717, 1.165) is 29.8 Å². The smallest absolute Gasteiger partial charge is 0.475 e. The van der Waals surface area contributed by atoms with Crippen LogP contribution in [0, 0.1) is 12.3 Å². The van der Waals surface area contributed by atoms with Crippen molar-refractivity contribution in [1.82, 2.24) is 19.5 Å². The van der Waals surface area contributed by atoms with Gasteiger partial charge in [0.15, 0.2) is 5.69 Å². The van der Waals surface area contributed by atoms with Crippen LogP contribution in [0.2, 0.25) is 0 Å². The summed E-state index contributed by atoms with van der Waals surface area (Å²) < 4.78 is 35.6. The van der Waals surface area contributed by atoms with E-state index in [0.29, 0.717) is 25.3 Å².